The molecule has 0 aromatic heterocycles. The fourth-order valence-electron chi connectivity index (χ4n) is 1.89. The van der Waals surface area contributed by atoms with Crippen LogP contribution >= 0.6 is 11.8 Å². The van der Waals surface area contributed by atoms with Crippen molar-refractivity contribution in [2.75, 3.05) is 30.9 Å². The summed E-state index contributed by atoms with van der Waals surface area (Å²) in [5, 5.41) is 9.86. The van der Waals surface area contributed by atoms with E-state index in [1.165, 1.54) is 16.7 Å². The average molecular weight is 335 g/mol. The lowest BCUT2D eigenvalue weighted by Crippen LogP contribution is -2.52. The van der Waals surface area contributed by atoms with Gasteiger partial charge in [0.2, 0.25) is 0 Å². The maximum absolute atomic E-state index is 12.9. The van der Waals surface area contributed by atoms with Crippen LogP contribution in [0, 0.1) is 5.92 Å². The van der Waals surface area contributed by atoms with Crippen molar-refractivity contribution in [2.24, 2.45) is 16.8 Å². The van der Waals surface area contributed by atoms with E-state index in [0.29, 0.717) is 5.75 Å². The van der Waals surface area contributed by atoms with Crippen LogP contribution in [-0.2, 0) is 9.84 Å². The van der Waals surface area contributed by atoms with Crippen molar-refractivity contribution in [1.82, 2.24) is 4.90 Å². The van der Waals surface area contributed by atoms with Gasteiger partial charge in [0.25, 0.3) is 0 Å². The molecule has 3 N–H and O–H groups in total. The third-order valence-corrected chi connectivity index (χ3v) is 5.66. The minimum absolute atomic E-state index is 0.202. The van der Waals surface area contributed by atoms with Crippen LogP contribution < -0.4 is 5.73 Å². The highest BCUT2D eigenvalue weighted by Gasteiger charge is 2.45. The number of hydrogen-bond acceptors (Lipinski definition) is 6. The third-order valence-electron chi connectivity index (χ3n) is 2.97. The Bertz CT molecular complexity index is 467. The summed E-state index contributed by atoms with van der Waals surface area (Å²) in [7, 11) is -3.50. The Morgan fingerprint density at radius 3 is 2.65 bits per heavy atom. The molecule has 1 saturated heterocycles. The van der Waals surface area contributed by atoms with E-state index in [-0.39, 0.29) is 12.3 Å². The Morgan fingerprint density at radius 1 is 1.60 bits per heavy atom. The number of rotatable bonds is 4. The van der Waals surface area contributed by atoms with E-state index in [9.17, 15) is 21.6 Å². The maximum atomic E-state index is 12.9. The first kappa shape index (κ1) is 17.4. The summed E-state index contributed by atoms with van der Waals surface area (Å²) >= 11 is 1.37. The molecule has 0 aromatic rings. The van der Waals surface area contributed by atoms with Gasteiger partial charge in [0.1, 0.15) is 11.3 Å². The molecule has 2 unspecified atom stereocenters. The van der Waals surface area contributed by atoms with E-state index in [4.69, 9.17) is 10.9 Å². The minimum atomic E-state index is -4.71. The van der Waals surface area contributed by atoms with Crippen LogP contribution in [0.3, 0.4) is 0 Å². The van der Waals surface area contributed by atoms with Gasteiger partial charge >= 0.3 is 6.18 Å². The molecule has 0 radical (unpaired) electrons. The number of amidine groups is 1. The van der Waals surface area contributed by atoms with Crippen molar-refractivity contribution in [3.8, 4) is 0 Å². The predicted octanol–water partition coefficient (Wildman–Crippen LogP) is 0.331. The van der Waals surface area contributed by atoms with Crippen LogP contribution in [0.4, 0.5) is 13.2 Å². The van der Waals surface area contributed by atoms with E-state index >= 15 is 0 Å². The monoisotopic (exact) mass is 335 g/mol. The van der Waals surface area contributed by atoms with E-state index in [2.05, 4.69) is 5.16 Å². The van der Waals surface area contributed by atoms with Crippen molar-refractivity contribution in [2.45, 2.75) is 11.6 Å². The summed E-state index contributed by atoms with van der Waals surface area (Å²) in [4.78, 5) is 1.22. The lowest BCUT2D eigenvalue weighted by atomic mass is 10.1. The molecule has 1 heterocycles. The molecule has 20 heavy (non-hydrogen) atoms. The summed E-state index contributed by atoms with van der Waals surface area (Å²) in [5.74, 6) is -2.42. The number of thioether (sulfide) groups is 1. The maximum Gasteiger partial charge on any atom is 0.400 e. The highest BCUT2D eigenvalue weighted by Crippen LogP contribution is 2.30. The van der Waals surface area contributed by atoms with Crippen LogP contribution in [0.15, 0.2) is 5.16 Å². The van der Waals surface area contributed by atoms with Crippen molar-refractivity contribution in [3.05, 3.63) is 0 Å². The molecular formula is C9H16F3N3O3S2. The van der Waals surface area contributed by atoms with Gasteiger partial charge in [-0.15, -0.1) is 0 Å². The molecule has 1 fully saturated rings. The molecule has 0 spiro atoms. The van der Waals surface area contributed by atoms with Crippen LogP contribution in [0.2, 0.25) is 0 Å². The fraction of sp³-hybridized carbons (Fsp3) is 0.889. The fourth-order valence-corrected chi connectivity index (χ4v) is 4.84. The van der Waals surface area contributed by atoms with Crippen molar-refractivity contribution in [1.29, 1.82) is 0 Å². The molecule has 1 rings (SSSR count). The first-order valence-corrected chi connectivity index (χ1v) is 8.73. The van der Waals surface area contributed by atoms with E-state index in [1.807, 2.05) is 0 Å². The quantitative estimate of drug-likeness (QED) is 0.333. The molecule has 118 valence electrons. The largest absolute Gasteiger partial charge is 0.409 e. The second-order valence-electron chi connectivity index (χ2n) is 4.47. The molecule has 1 aliphatic heterocycles. The zero-order valence-corrected chi connectivity index (χ0v) is 12.3. The number of nitrogens with zero attached hydrogens (tertiary/aromatic N) is 2. The summed E-state index contributed by atoms with van der Waals surface area (Å²) in [5.41, 5.74) is 5.07. The Labute approximate surface area is 119 Å². The summed E-state index contributed by atoms with van der Waals surface area (Å²) in [6.45, 7) is -0.439. The van der Waals surface area contributed by atoms with Crippen molar-refractivity contribution in [3.63, 3.8) is 0 Å². The van der Waals surface area contributed by atoms with Crippen LogP contribution in [0.25, 0.3) is 0 Å². The number of oxime groups is 1. The first-order valence-electron chi connectivity index (χ1n) is 5.62. The number of alkyl halides is 3. The normalized spacial score (nSPS) is 24.6. The van der Waals surface area contributed by atoms with Gasteiger partial charge < -0.3 is 10.9 Å². The topological polar surface area (TPSA) is 96.0 Å². The molecule has 0 bridgehead atoms. The first-order chi connectivity index (χ1) is 9.07. The molecule has 0 aliphatic carbocycles. The predicted molar refractivity (Wildman–Crippen MR) is 70.5 cm³/mol. The molecule has 0 saturated carbocycles. The lowest BCUT2D eigenvalue weighted by molar-refractivity contribution is -0.160. The van der Waals surface area contributed by atoms with E-state index in [1.54, 1.807) is 0 Å². The second kappa shape index (κ2) is 6.39. The van der Waals surface area contributed by atoms with Gasteiger partial charge in [0.15, 0.2) is 15.7 Å². The number of hydrogen-bond donors (Lipinski definition) is 2. The summed E-state index contributed by atoms with van der Waals surface area (Å²) in [6.07, 6.45) is -3.72. The Kier molecular flexibility index (Phi) is 5.55. The Hall–Kier alpha value is -0.680. The number of nitrogens with two attached hydrogens (primary N) is 1. The SMILES string of the molecule is CS(=O)(=O)C1CSCCN1CC(C(N)=NO)C(F)(F)F. The van der Waals surface area contributed by atoms with Gasteiger partial charge in [-0.2, -0.15) is 24.9 Å². The molecule has 0 amide bonds. The molecular weight excluding hydrogens is 319 g/mol. The zero-order valence-electron chi connectivity index (χ0n) is 10.7. The lowest BCUT2D eigenvalue weighted by Gasteiger charge is -2.36. The molecule has 0 aromatic carbocycles. The average Bonchev–Trinajstić information content (AvgIpc) is 2.33. The third kappa shape index (κ3) is 4.42. The van der Waals surface area contributed by atoms with Gasteiger partial charge in [-0.1, -0.05) is 5.16 Å². The highest BCUT2D eigenvalue weighted by molar-refractivity contribution is 8.00. The number of sulfone groups is 1. The van der Waals surface area contributed by atoms with Crippen LogP contribution in [-0.4, -0.2) is 66.8 Å². The van der Waals surface area contributed by atoms with E-state index in [0.717, 1.165) is 6.26 Å². The van der Waals surface area contributed by atoms with Gasteiger partial charge in [-0.25, -0.2) is 8.42 Å². The van der Waals surface area contributed by atoms with E-state index < -0.39 is 39.7 Å². The smallest absolute Gasteiger partial charge is 0.400 e. The van der Waals surface area contributed by atoms with Crippen LogP contribution in [0.5, 0.6) is 0 Å². The number of halogens is 3. The second-order valence-corrected chi connectivity index (χ2v) is 7.83. The summed E-state index contributed by atoms with van der Waals surface area (Å²) in [6, 6.07) is 0. The minimum Gasteiger partial charge on any atom is -0.409 e. The summed E-state index contributed by atoms with van der Waals surface area (Å²) < 4.78 is 61.9. The molecule has 6 nitrogen and oxygen atoms in total. The zero-order chi connectivity index (χ0) is 15.6. The van der Waals surface area contributed by atoms with Gasteiger partial charge in [-0.3, -0.25) is 4.90 Å². The van der Waals surface area contributed by atoms with Crippen LogP contribution in [0.1, 0.15) is 0 Å². The standard InChI is InChI=1S/C9H16F3N3O3S2/c1-20(17,18)7-5-19-3-2-15(7)4-6(8(13)14-16)9(10,11)12/h6-7,16H,2-5H2,1H3,(H2,13,14). The molecule has 1 aliphatic rings. The van der Waals surface area contributed by atoms with Gasteiger partial charge in [-0.05, 0) is 0 Å². The Morgan fingerprint density at radius 2 is 2.20 bits per heavy atom. The Balaban J connectivity index is 2.96. The highest BCUT2D eigenvalue weighted by atomic mass is 32.2. The van der Waals surface area contributed by atoms with Crippen molar-refractivity contribution < 1.29 is 26.8 Å². The molecule has 11 heteroatoms. The van der Waals surface area contributed by atoms with Gasteiger partial charge in [0.05, 0.1) is 0 Å². The van der Waals surface area contributed by atoms with Gasteiger partial charge in [0, 0.05) is 30.9 Å². The molecule has 2 atom stereocenters. The van der Waals surface area contributed by atoms with Crippen molar-refractivity contribution >= 4 is 27.4 Å².